The Morgan fingerprint density at radius 3 is 2.76 bits per heavy atom. The predicted molar refractivity (Wildman–Crippen MR) is 105 cm³/mol. The first-order valence-electron chi connectivity index (χ1n) is 9.44. The molecule has 29 heavy (non-hydrogen) atoms. The second kappa shape index (κ2) is 8.00. The van der Waals surface area contributed by atoms with E-state index in [4.69, 9.17) is 0 Å². The van der Waals surface area contributed by atoms with Crippen LogP contribution in [0.5, 0.6) is 0 Å². The molecule has 1 saturated heterocycles. The minimum Gasteiger partial charge on any atom is -0.469 e. The van der Waals surface area contributed by atoms with Crippen molar-refractivity contribution in [2.75, 3.05) is 20.2 Å². The van der Waals surface area contributed by atoms with Gasteiger partial charge in [0.05, 0.1) is 38.1 Å². The molecule has 8 nitrogen and oxygen atoms in total. The molecule has 150 valence electrons. The summed E-state index contributed by atoms with van der Waals surface area (Å²) in [6.45, 7) is 1.13. The van der Waals surface area contributed by atoms with Crippen LogP contribution in [0.3, 0.4) is 0 Å². The Bertz CT molecular complexity index is 1030. The number of carbonyl (C=O) groups is 2. The van der Waals surface area contributed by atoms with E-state index in [9.17, 15) is 14.7 Å². The summed E-state index contributed by atoms with van der Waals surface area (Å²) < 4.78 is 6.60. The minimum atomic E-state index is -0.750. The quantitative estimate of drug-likeness (QED) is 0.659. The molecule has 1 N–H and O–H groups in total. The number of imidazole rings is 1. The lowest BCUT2D eigenvalue weighted by atomic mass is 10.0. The van der Waals surface area contributed by atoms with Crippen molar-refractivity contribution in [3.63, 3.8) is 0 Å². The van der Waals surface area contributed by atoms with Crippen molar-refractivity contribution < 1.29 is 19.4 Å². The number of esters is 1. The number of fused-ring (bicyclic) bond motifs is 1. The zero-order valence-electron chi connectivity index (χ0n) is 16.1. The highest BCUT2D eigenvalue weighted by Gasteiger charge is 2.36. The Morgan fingerprint density at radius 2 is 2.00 bits per heavy atom. The molecule has 1 aliphatic rings. The van der Waals surface area contributed by atoms with Gasteiger partial charge in [-0.1, -0.05) is 30.3 Å². The Labute approximate surface area is 167 Å². The van der Waals surface area contributed by atoms with Gasteiger partial charge in [-0.15, -0.1) is 0 Å². The summed E-state index contributed by atoms with van der Waals surface area (Å²) in [7, 11) is 1.31. The first-order chi connectivity index (χ1) is 14.0. The van der Waals surface area contributed by atoms with Crippen molar-refractivity contribution in [3.05, 3.63) is 60.0 Å². The van der Waals surface area contributed by atoms with Crippen LogP contribution >= 0.6 is 0 Å². The van der Waals surface area contributed by atoms with Crippen LogP contribution in [0, 0.1) is 5.92 Å². The second-order valence-electron chi connectivity index (χ2n) is 7.24. The molecule has 8 heteroatoms. The number of amides is 1. The van der Waals surface area contributed by atoms with E-state index in [2.05, 4.69) is 14.7 Å². The third-order valence-corrected chi connectivity index (χ3v) is 5.25. The van der Waals surface area contributed by atoms with Crippen molar-refractivity contribution in [3.8, 4) is 0 Å². The summed E-state index contributed by atoms with van der Waals surface area (Å²) in [4.78, 5) is 34.7. The number of rotatable bonds is 5. The average Bonchev–Trinajstić information content (AvgIpc) is 3.31. The zero-order valence-corrected chi connectivity index (χ0v) is 16.1. The molecule has 4 rings (SSSR count). The number of aliphatic hydroxyl groups is 1. The number of carbonyl (C=O) groups excluding carboxylic acids is 2. The molecule has 0 aliphatic carbocycles. The fraction of sp³-hybridized carbons (Fsp3) is 0.333. The maximum atomic E-state index is 12.9. The summed E-state index contributed by atoms with van der Waals surface area (Å²) >= 11 is 0. The van der Waals surface area contributed by atoms with Crippen LogP contribution in [0.2, 0.25) is 0 Å². The standard InChI is InChI=1S/C21H22N4O4/c1-29-19(27)8-16-11-24(12-18(16)26)21(28)15-7-17-20(22-9-15)25(13-23-17)10-14-5-3-2-4-6-14/h2-7,9,13,16,18,26H,8,10-12H2,1H3/t16-,18-/m1/s1. The number of methoxy groups -OCH3 is 1. The van der Waals surface area contributed by atoms with Gasteiger partial charge in [0.15, 0.2) is 5.65 Å². The molecule has 0 spiro atoms. The van der Waals surface area contributed by atoms with Crippen LogP contribution in [0.4, 0.5) is 0 Å². The van der Waals surface area contributed by atoms with Gasteiger partial charge in [-0.2, -0.15) is 0 Å². The van der Waals surface area contributed by atoms with Gasteiger partial charge in [0, 0.05) is 25.2 Å². The number of ether oxygens (including phenoxy) is 1. The summed E-state index contributed by atoms with van der Waals surface area (Å²) in [6.07, 6.45) is 2.58. The lowest BCUT2D eigenvalue weighted by molar-refractivity contribution is -0.142. The lowest BCUT2D eigenvalue weighted by Crippen LogP contribution is -2.29. The third-order valence-electron chi connectivity index (χ3n) is 5.25. The van der Waals surface area contributed by atoms with E-state index in [0.29, 0.717) is 29.8 Å². The molecule has 2 aromatic heterocycles. The molecule has 1 aliphatic heterocycles. The van der Waals surface area contributed by atoms with Crippen LogP contribution in [-0.4, -0.2) is 62.7 Å². The molecule has 2 atom stereocenters. The highest BCUT2D eigenvalue weighted by atomic mass is 16.5. The number of hydrogen-bond donors (Lipinski definition) is 1. The van der Waals surface area contributed by atoms with Gasteiger partial charge < -0.3 is 19.3 Å². The predicted octanol–water partition coefficient (Wildman–Crippen LogP) is 1.48. The van der Waals surface area contributed by atoms with Crippen LogP contribution < -0.4 is 0 Å². The number of hydrogen-bond acceptors (Lipinski definition) is 6. The van der Waals surface area contributed by atoms with Crippen LogP contribution in [0.15, 0.2) is 48.9 Å². The van der Waals surface area contributed by atoms with E-state index in [1.807, 2.05) is 34.9 Å². The normalized spacial score (nSPS) is 18.9. The van der Waals surface area contributed by atoms with Crippen molar-refractivity contribution in [2.24, 2.45) is 5.92 Å². The fourth-order valence-corrected chi connectivity index (χ4v) is 3.66. The topological polar surface area (TPSA) is 97.5 Å². The van der Waals surface area contributed by atoms with E-state index >= 15 is 0 Å². The number of β-amino-alcohol motifs (C(OH)–C–C–N with tert-alkyl or cyclic N) is 1. The Morgan fingerprint density at radius 1 is 1.21 bits per heavy atom. The van der Waals surface area contributed by atoms with E-state index in [1.165, 1.54) is 13.3 Å². The Hall–Kier alpha value is -3.26. The zero-order chi connectivity index (χ0) is 20.4. The number of likely N-dealkylation sites (tertiary alicyclic amines) is 1. The molecule has 3 aromatic rings. The molecule has 1 aromatic carbocycles. The van der Waals surface area contributed by atoms with E-state index in [0.717, 1.165) is 5.56 Å². The van der Waals surface area contributed by atoms with Gasteiger partial charge in [-0.3, -0.25) is 9.59 Å². The summed E-state index contributed by atoms with van der Waals surface area (Å²) in [5, 5.41) is 10.2. The van der Waals surface area contributed by atoms with Gasteiger partial charge in [0.1, 0.15) is 5.52 Å². The third kappa shape index (κ3) is 3.97. The molecule has 1 fully saturated rings. The largest absolute Gasteiger partial charge is 0.469 e. The van der Waals surface area contributed by atoms with E-state index < -0.39 is 12.1 Å². The first kappa shape index (κ1) is 19.1. The smallest absolute Gasteiger partial charge is 0.305 e. The summed E-state index contributed by atoms with van der Waals surface area (Å²) in [6, 6.07) is 11.7. The Kier molecular flexibility index (Phi) is 5.26. The lowest BCUT2D eigenvalue weighted by Gasteiger charge is -2.15. The van der Waals surface area contributed by atoms with Gasteiger partial charge in [-0.25, -0.2) is 9.97 Å². The highest BCUT2D eigenvalue weighted by Crippen LogP contribution is 2.23. The number of aromatic nitrogens is 3. The first-order valence-corrected chi connectivity index (χ1v) is 9.44. The Balaban J connectivity index is 1.50. The van der Waals surface area contributed by atoms with Crippen LogP contribution in [0.25, 0.3) is 11.2 Å². The number of benzene rings is 1. The SMILES string of the molecule is COC(=O)C[C@@H]1CN(C(=O)c2cnc3c(c2)ncn3Cc2ccccc2)C[C@H]1O. The maximum absolute atomic E-state index is 12.9. The molecule has 0 radical (unpaired) electrons. The molecule has 3 heterocycles. The molecule has 0 bridgehead atoms. The minimum absolute atomic E-state index is 0.0859. The molecule has 1 amide bonds. The highest BCUT2D eigenvalue weighted by molar-refractivity contribution is 5.96. The number of nitrogens with zero attached hydrogens (tertiary/aromatic N) is 4. The average molecular weight is 394 g/mol. The molecular formula is C21H22N4O4. The summed E-state index contributed by atoms with van der Waals surface area (Å²) in [5.74, 6) is -0.952. The second-order valence-corrected chi connectivity index (χ2v) is 7.24. The van der Waals surface area contributed by atoms with Gasteiger partial charge in [-0.05, 0) is 11.6 Å². The van der Waals surface area contributed by atoms with E-state index in [-0.39, 0.29) is 24.8 Å². The van der Waals surface area contributed by atoms with Crippen LogP contribution in [-0.2, 0) is 16.1 Å². The van der Waals surface area contributed by atoms with Crippen molar-refractivity contribution in [2.45, 2.75) is 19.1 Å². The van der Waals surface area contributed by atoms with Crippen molar-refractivity contribution in [1.82, 2.24) is 19.4 Å². The maximum Gasteiger partial charge on any atom is 0.305 e. The number of aliphatic hydroxyl groups excluding tert-OH is 1. The monoisotopic (exact) mass is 394 g/mol. The van der Waals surface area contributed by atoms with Crippen LogP contribution in [0.1, 0.15) is 22.3 Å². The summed E-state index contributed by atoms with van der Waals surface area (Å²) in [5.41, 5.74) is 2.89. The molecule has 0 unspecified atom stereocenters. The fourth-order valence-electron chi connectivity index (χ4n) is 3.66. The van der Waals surface area contributed by atoms with Gasteiger partial charge in [0.2, 0.25) is 0 Å². The van der Waals surface area contributed by atoms with Crippen molar-refractivity contribution >= 4 is 23.0 Å². The van der Waals surface area contributed by atoms with Gasteiger partial charge >= 0.3 is 5.97 Å². The van der Waals surface area contributed by atoms with Gasteiger partial charge in [0.25, 0.3) is 5.91 Å². The van der Waals surface area contributed by atoms with Crippen molar-refractivity contribution in [1.29, 1.82) is 0 Å². The molecular weight excluding hydrogens is 372 g/mol. The molecule has 0 saturated carbocycles. The van der Waals surface area contributed by atoms with E-state index in [1.54, 1.807) is 17.3 Å². The number of pyridine rings is 1.